The number of hydrogen-bond acceptors (Lipinski definition) is 3. The summed E-state index contributed by atoms with van der Waals surface area (Å²) < 4.78 is 4.83. The molecule has 0 heterocycles. The van der Waals surface area contributed by atoms with Crippen LogP contribution < -0.4 is 0 Å². The largest absolute Gasteiger partial charge is 0.469 e. The first-order valence-corrected chi connectivity index (χ1v) is 7.52. The van der Waals surface area contributed by atoms with Gasteiger partial charge in [0.25, 0.3) is 0 Å². The summed E-state index contributed by atoms with van der Waals surface area (Å²) in [7, 11) is 1.41. The maximum atomic E-state index is 12.3. The van der Waals surface area contributed by atoms with Crippen molar-refractivity contribution in [2.24, 2.45) is 16.7 Å². The smallest absolute Gasteiger partial charge is 0.309 e. The predicted octanol–water partition coefficient (Wildman–Crippen LogP) is 3.67. The molecule has 20 heavy (non-hydrogen) atoms. The SMILES string of the molecule is COC(=O)CC1=C(C)C(=O)C[C@H]2C(C)(C)CCC[C@]12C. The average molecular weight is 278 g/mol. The third-order valence-corrected chi connectivity index (χ3v) is 5.73. The van der Waals surface area contributed by atoms with Crippen molar-refractivity contribution in [1.29, 1.82) is 0 Å². The molecule has 0 saturated heterocycles. The van der Waals surface area contributed by atoms with Crippen LogP contribution in [0.2, 0.25) is 0 Å². The van der Waals surface area contributed by atoms with Crippen LogP contribution >= 0.6 is 0 Å². The van der Waals surface area contributed by atoms with Crippen molar-refractivity contribution in [3.05, 3.63) is 11.1 Å². The summed E-state index contributed by atoms with van der Waals surface area (Å²) in [6.45, 7) is 8.65. The van der Waals surface area contributed by atoms with E-state index in [9.17, 15) is 9.59 Å². The van der Waals surface area contributed by atoms with Gasteiger partial charge in [0.05, 0.1) is 13.5 Å². The number of carbonyl (C=O) groups is 2. The van der Waals surface area contributed by atoms with Gasteiger partial charge in [-0.1, -0.05) is 27.2 Å². The lowest BCUT2D eigenvalue weighted by Crippen LogP contribution is -2.47. The molecule has 0 bridgehead atoms. The number of rotatable bonds is 2. The van der Waals surface area contributed by atoms with Gasteiger partial charge in [0, 0.05) is 6.42 Å². The van der Waals surface area contributed by atoms with Gasteiger partial charge in [-0.15, -0.1) is 0 Å². The fourth-order valence-electron chi connectivity index (χ4n) is 4.47. The third kappa shape index (κ3) is 2.32. The number of Topliss-reactive ketones (excluding diaryl/α,β-unsaturated/α-hetero) is 1. The van der Waals surface area contributed by atoms with Gasteiger partial charge in [-0.2, -0.15) is 0 Å². The first-order chi connectivity index (χ1) is 9.22. The van der Waals surface area contributed by atoms with E-state index in [0.717, 1.165) is 30.4 Å². The summed E-state index contributed by atoms with van der Waals surface area (Å²) in [6, 6.07) is 0. The van der Waals surface area contributed by atoms with E-state index >= 15 is 0 Å². The molecule has 0 amide bonds. The van der Waals surface area contributed by atoms with Gasteiger partial charge in [-0.05, 0) is 47.7 Å². The van der Waals surface area contributed by atoms with Gasteiger partial charge in [0.1, 0.15) is 0 Å². The molecule has 112 valence electrons. The molecule has 2 atom stereocenters. The van der Waals surface area contributed by atoms with Gasteiger partial charge in [0.2, 0.25) is 0 Å². The molecule has 0 spiro atoms. The lowest BCUT2D eigenvalue weighted by atomic mass is 9.50. The molecule has 0 aromatic carbocycles. The van der Waals surface area contributed by atoms with Gasteiger partial charge in [-0.3, -0.25) is 9.59 Å². The first-order valence-electron chi connectivity index (χ1n) is 7.52. The molecule has 0 aliphatic heterocycles. The Morgan fingerprint density at radius 3 is 2.55 bits per heavy atom. The lowest BCUT2D eigenvalue weighted by Gasteiger charge is -2.54. The summed E-state index contributed by atoms with van der Waals surface area (Å²) in [6.07, 6.45) is 4.27. The molecular weight excluding hydrogens is 252 g/mol. The van der Waals surface area contributed by atoms with Crippen molar-refractivity contribution in [3.8, 4) is 0 Å². The average Bonchev–Trinajstić information content (AvgIpc) is 2.37. The Morgan fingerprint density at radius 1 is 1.30 bits per heavy atom. The fourth-order valence-corrected chi connectivity index (χ4v) is 4.47. The van der Waals surface area contributed by atoms with Crippen LogP contribution in [-0.4, -0.2) is 18.9 Å². The Bertz CT molecular complexity index is 473. The van der Waals surface area contributed by atoms with Crippen LogP contribution in [0.25, 0.3) is 0 Å². The highest BCUT2D eigenvalue weighted by atomic mass is 16.5. The second-order valence-corrected chi connectivity index (χ2v) is 7.30. The predicted molar refractivity (Wildman–Crippen MR) is 78.2 cm³/mol. The first kappa shape index (κ1) is 15.3. The number of esters is 1. The molecule has 1 fully saturated rings. The minimum absolute atomic E-state index is 0.0338. The van der Waals surface area contributed by atoms with Gasteiger partial charge in [0.15, 0.2) is 5.78 Å². The minimum Gasteiger partial charge on any atom is -0.469 e. The molecule has 0 aromatic rings. The fraction of sp³-hybridized carbons (Fsp3) is 0.765. The summed E-state index contributed by atoms with van der Waals surface area (Å²) in [4.78, 5) is 24.1. The van der Waals surface area contributed by atoms with Crippen LogP contribution in [0.4, 0.5) is 0 Å². The van der Waals surface area contributed by atoms with Crippen LogP contribution in [0.15, 0.2) is 11.1 Å². The van der Waals surface area contributed by atoms with Crippen LogP contribution in [-0.2, 0) is 14.3 Å². The molecule has 0 unspecified atom stereocenters. The van der Waals surface area contributed by atoms with E-state index in [1.165, 1.54) is 7.11 Å². The molecule has 2 aliphatic rings. The van der Waals surface area contributed by atoms with E-state index in [1.54, 1.807) is 0 Å². The van der Waals surface area contributed by atoms with Crippen LogP contribution in [0, 0.1) is 16.7 Å². The van der Waals surface area contributed by atoms with Crippen molar-refractivity contribution in [3.63, 3.8) is 0 Å². The Hall–Kier alpha value is -1.12. The van der Waals surface area contributed by atoms with E-state index in [1.807, 2.05) is 6.92 Å². The Balaban J connectivity index is 2.47. The van der Waals surface area contributed by atoms with E-state index in [4.69, 9.17) is 4.74 Å². The highest BCUT2D eigenvalue weighted by Gasteiger charge is 2.52. The zero-order valence-electron chi connectivity index (χ0n) is 13.3. The lowest BCUT2D eigenvalue weighted by molar-refractivity contribution is -0.140. The van der Waals surface area contributed by atoms with E-state index in [-0.39, 0.29) is 29.0 Å². The third-order valence-electron chi connectivity index (χ3n) is 5.73. The van der Waals surface area contributed by atoms with Crippen molar-refractivity contribution >= 4 is 11.8 Å². The van der Waals surface area contributed by atoms with Gasteiger partial charge in [-0.25, -0.2) is 0 Å². The molecule has 0 aromatic heterocycles. The van der Waals surface area contributed by atoms with Crippen LogP contribution in [0.3, 0.4) is 0 Å². The topological polar surface area (TPSA) is 43.4 Å². The zero-order chi connectivity index (χ0) is 15.1. The molecule has 0 radical (unpaired) electrons. The highest BCUT2D eigenvalue weighted by molar-refractivity contribution is 5.98. The Kier molecular flexibility index (Phi) is 3.83. The second-order valence-electron chi connectivity index (χ2n) is 7.30. The number of allylic oxidation sites excluding steroid dienone is 1. The number of fused-ring (bicyclic) bond motifs is 1. The van der Waals surface area contributed by atoms with E-state index < -0.39 is 0 Å². The molecule has 0 N–H and O–H groups in total. The Morgan fingerprint density at radius 2 is 1.95 bits per heavy atom. The highest BCUT2D eigenvalue weighted by Crippen LogP contribution is 2.59. The summed E-state index contributed by atoms with van der Waals surface area (Å²) in [5.41, 5.74) is 1.95. The van der Waals surface area contributed by atoms with Crippen LogP contribution in [0.1, 0.15) is 59.8 Å². The standard InChI is InChI=1S/C17H26O3/c1-11-12(9-15(19)20-5)17(4)8-6-7-16(2,3)14(17)10-13(11)18/h14H,6-10H2,1-5H3/t14-,17+/m0/s1. The van der Waals surface area contributed by atoms with Crippen molar-refractivity contribution < 1.29 is 14.3 Å². The summed E-state index contributed by atoms with van der Waals surface area (Å²) in [5.74, 6) is 0.304. The van der Waals surface area contributed by atoms with Crippen LogP contribution in [0.5, 0.6) is 0 Å². The number of carbonyl (C=O) groups excluding carboxylic acids is 2. The second kappa shape index (κ2) is 5.01. The maximum absolute atomic E-state index is 12.3. The normalized spacial score (nSPS) is 32.9. The monoisotopic (exact) mass is 278 g/mol. The number of ketones is 1. The molecule has 2 rings (SSSR count). The quantitative estimate of drug-likeness (QED) is 0.724. The Labute approximate surface area is 121 Å². The zero-order valence-corrected chi connectivity index (χ0v) is 13.3. The molecule has 3 nitrogen and oxygen atoms in total. The molecule has 3 heteroatoms. The minimum atomic E-state index is -0.239. The van der Waals surface area contributed by atoms with E-state index in [0.29, 0.717) is 12.3 Å². The van der Waals surface area contributed by atoms with E-state index in [2.05, 4.69) is 20.8 Å². The molecule has 2 aliphatic carbocycles. The molecular formula is C17H26O3. The van der Waals surface area contributed by atoms with Crippen molar-refractivity contribution in [2.75, 3.05) is 7.11 Å². The van der Waals surface area contributed by atoms with Crippen molar-refractivity contribution in [1.82, 2.24) is 0 Å². The van der Waals surface area contributed by atoms with Gasteiger partial charge >= 0.3 is 5.97 Å². The van der Waals surface area contributed by atoms with Gasteiger partial charge < -0.3 is 4.74 Å². The maximum Gasteiger partial charge on any atom is 0.309 e. The van der Waals surface area contributed by atoms with Crippen molar-refractivity contribution in [2.45, 2.75) is 59.8 Å². The number of methoxy groups -OCH3 is 1. The summed E-state index contributed by atoms with van der Waals surface area (Å²) >= 11 is 0. The summed E-state index contributed by atoms with van der Waals surface area (Å²) in [5, 5.41) is 0. The number of ether oxygens (including phenoxy) is 1. The molecule has 1 saturated carbocycles. The number of hydrogen-bond donors (Lipinski definition) is 0.